The molecule has 0 saturated carbocycles. The summed E-state index contributed by atoms with van der Waals surface area (Å²) in [5.41, 5.74) is 3.28. The van der Waals surface area contributed by atoms with Gasteiger partial charge in [-0.15, -0.1) is 0 Å². The predicted octanol–water partition coefficient (Wildman–Crippen LogP) is 3.61. The number of ether oxygens (including phenoxy) is 1. The van der Waals surface area contributed by atoms with Crippen molar-refractivity contribution in [3.63, 3.8) is 0 Å². The van der Waals surface area contributed by atoms with Gasteiger partial charge in [-0.25, -0.2) is 0 Å². The maximum atomic E-state index is 11.8. The molecule has 0 spiro atoms. The van der Waals surface area contributed by atoms with E-state index in [2.05, 4.69) is 10.3 Å². The van der Waals surface area contributed by atoms with Crippen LogP contribution >= 0.6 is 11.3 Å². The van der Waals surface area contributed by atoms with Gasteiger partial charge in [0.15, 0.2) is 0 Å². The number of H-pyrrole nitrogens is 1. The number of aromatic nitrogens is 1. The van der Waals surface area contributed by atoms with Crippen molar-refractivity contribution >= 4 is 34.2 Å². The fraction of sp³-hybridized carbons (Fsp3) is 0.167. The molecular formula is C18H18N2O2S. The van der Waals surface area contributed by atoms with Crippen molar-refractivity contribution in [2.45, 2.75) is 6.42 Å². The maximum Gasteiger partial charge on any atom is 0.244 e. The van der Waals surface area contributed by atoms with Gasteiger partial charge >= 0.3 is 0 Å². The van der Waals surface area contributed by atoms with E-state index in [0.29, 0.717) is 6.54 Å². The lowest BCUT2D eigenvalue weighted by Gasteiger charge is -2.03. The number of carbonyl (C=O) groups is 1. The molecule has 0 unspecified atom stereocenters. The van der Waals surface area contributed by atoms with Gasteiger partial charge in [0.05, 0.1) is 7.11 Å². The summed E-state index contributed by atoms with van der Waals surface area (Å²) in [5.74, 6) is 0.760. The Morgan fingerprint density at radius 3 is 3.09 bits per heavy atom. The molecule has 118 valence electrons. The number of benzene rings is 1. The van der Waals surface area contributed by atoms with Gasteiger partial charge < -0.3 is 15.0 Å². The zero-order valence-electron chi connectivity index (χ0n) is 12.8. The Morgan fingerprint density at radius 2 is 2.30 bits per heavy atom. The summed E-state index contributed by atoms with van der Waals surface area (Å²) >= 11 is 1.62. The summed E-state index contributed by atoms with van der Waals surface area (Å²) < 4.78 is 5.22. The fourth-order valence-electron chi connectivity index (χ4n) is 2.42. The van der Waals surface area contributed by atoms with Crippen molar-refractivity contribution in [2.24, 2.45) is 0 Å². The molecule has 3 rings (SSSR count). The topological polar surface area (TPSA) is 54.1 Å². The second-order valence-corrected chi connectivity index (χ2v) is 5.94. The first-order chi connectivity index (χ1) is 11.3. The fourth-order valence-corrected chi connectivity index (χ4v) is 3.05. The number of nitrogens with one attached hydrogen (secondary N) is 2. The molecular weight excluding hydrogens is 308 g/mol. The number of rotatable bonds is 6. The summed E-state index contributed by atoms with van der Waals surface area (Å²) in [7, 11) is 1.66. The van der Waals surface area contributed by atoms with E-state index in [1.807, 2.05) is 47.3 Å². The van der Waals surface area contributed by atoms with Crippen LogP contribution in [-0.4, -0.2) is 24.5 Å². The van der Waals surface area contributed by atoms with Crippen molar-refractivity contribution in [3.05, 3.63) is 58.4 Å². The molecule has 4 nitrogen and oxygen atoms in total. The Kier molecular flexibility index (Phi) is 4.78. The quantitative estimate of drug-likeness (QED) is 0.680. The van der Waals surface area contributed by atoms with Crippen molar-refractivity contribution in [3.8, 4) is 5.75 Å². The monoisotopic (exact) mass is 326 g/mol. The first-order valence-corrected chi connectivity index (χ1v) is 8.32. The highest BCUT2D eigenvalue weighted by Crippen LogP contribution is 2.23. The molecule has 0 fully saturated rings. The van der Waals surface area contributed by atoms with Gasteiger partial charge in [-0.05, 0) is 52.6 Å². The molecule has 3 aromatic rings. The van der Waals surface area contributed by atoms with Crippen molar-refractivity contribution in [2.75, 3.05) is 13.7 Å². The van der Waals surface area contributed by atoms with Crippen LogP contribution in [-0.2, 0) is 11.2 Å². The van der Waals surface area contributed by atoms with Crippen LogP contribution in [0.5, 0.6) is 5.75 Å². The molecule has 0 saturated heterocycles. The summed E-state index contributed by atoms with van der Waals surface area (Å²) in [6.07, 6.45) is 6.16. The lowest BCUT2D eigenvalue weighted by atomic mass is 10.1. The highest BCUT2D eigenvalue weighted by Gasteiger charge is 2.05. The van der Waals surface area contributed by atoms with Crippen LogP contribution < -0.4 is 10.1 Å². The van der Waals surface area contributed by atoms with E-state index in [1.54, 1.807) is 24.5 Å². The molecule has 0 aliphatic rings. The van der Waals surface area contributed by atoms with Crippen LogP contribution in [0.3, 0.4) is 0 Å². The SMILES string of the molecule is COc1ccc2c(CCNC(=O)C=Cc3ccsc3)c[nH]c2c1. The first-order valence-electron chi connectivity index (χ1n) is 7.38. The van der Waals surface area contributed by atoms with Crippen LogP contribution in [0.2, 0.25) is 0 Å². The van der Waals surface area contributed by atoms with Crippen LogP contribution in [0.15, 0.2) is 47.3 Å². The van der Waals surface area contributed by atoms with E-state index in [-0.39, 0.29) is 5.91 Å². The number of carbonyl (C=O) groups excluding carboxylic acids is 1. The molecule has 2 aromatic heterocycles. The third kappa shape index (κ3) is 3.81. The molecule has 23 heavy (non-hydrogen) atoms. The number of aromatic amines is 1. The Labute approximate surface area is 138 Å². The average Bonchev–Trinajstić information content (AvgIpc) is 3.22. The second kappa shape index (κ2) is 7.15. The third-order valence-corrected chi connectivity index (χ3v) is 4.34. The van der Waals surface area contributed by atoms with E-state index in [1.165, 1.54) is 5.56 Å². The normalized spacial score (nSPS) is 11.2. The lowest BCUT2D eigenvalue weighted by molar-refractivity contribution is -0.116. The highest BCUT2D eigenvalue weighted by atomic mass is 32.1. The molecule has 0 aliphatic carbocycles. The zero-order chi connectivity index (χ0) is 16.1. The summed E-state index contributed by atoms with van der Waals surface area (Å²) in [6, 6.07) is 7.94. The molecule has 5 heteroatoms. The van der Waals surface area contributed by atoms with Crippen molar-refractivity contribution < 1.29 is 9.53 Å². The van der Waals surface area contributed by atoms with Crippen molar-refractivity contribution in [1.29, 1.82) is 0 Å². The Hall–Kier alpha value is -2.53. The van der Waals surface area contributed by atoms with Gasteiger partial charge in [0.25, 0.3) is 0 Å². The lowest BCUT2D eigenvalue weighted by Crippen LogP contribution is -2.23. The Balaban J connectivity index is 1.55. The minimum atomic E-state index is -0.0716. The van der Waals surface area contributed by atoms with Gasteiger partial charge in [-0.3, -0.25) is 4.79 Å². The largest absolute Gasteiger partial charge is 0.497 e. The first kappa shape index (κ1) is 15.4. The molecule has 0 bridgehead atoms. The Bertz CT molecular complexity index is 819. The van der Waals surface area contributed by atoms with Crippen LogP contribution in [0.25, 0.3) is 17.0 Å². The average molecular weight is 326 g/mol. The van der Waals surface area contributed by atoms with Gasteiger partial charge in [-0.2, -0.15) is 11.3 Å². The standard InChI is InChI=1S/C18H18N2O2S/c1-22-15-3-4-16-14(11-20-17(16)10-15)6-8-19-18(21)5-2-13-7-9-23-12-13/h2-5,7,9-12,20H,6,8H2,1H3,(H,19,21). The van der Waals surface area contributed by atoms with Gasteiger partial charge in [-0.1, -0.05) is 0 Å². The summed E-state index contributed by atoms with van der Waals surface area (Å²) in [5, 5.41) is 8.06. The smallest absolute Gasteiger partial charge is 0.244 e. The Morgan fingerprint density at radius 1 is 1.39 bits per heavy atom. The van der Waals surface area contributed by atoms with Crippen LogP contribution in [0, 0.1) is 0 Å². The molecule has 1 amide bonds. The molecule has 0 radical (unpaired) electrons. The molecule has 0 aliphatic heterocycles. The second-order valence-electron chi connectivity index (χ2n) is 5.16. The van der Waals surface area contributed by atoms with Crippen LogP contribution in [0.4, 0.5) is 0 Å². The number of methoxy groups -OCH3 is 1. The summed E-state index contributed by atoms with van der Waals surface area (Å²) in [6.45, 7) is 0.603. The number of amides is 1. The number of fused-ring (bicyclic) bond motifs is 1. The van der Waals surface area contributed by atoms with Gasteiger partial charge in [0, 0.05) is 35.8 Å². The summed E-state index contributed by atoms with van der Waals surface area (Å²) in [4.78, 5) is 15.0. The predicted molar refractivity (Wildman–Crippen MR) is 94.9 cm³/mol. The number of thiophene rings is 1. The molecule has 0 atom stereocenters. The molecule has 2 heterocycles. The number of hydrogen-bond donors (Lipinski definition) is 2. The van der Waals surface area contributed by atoms with Crippen LogP contribution in [0.1, 0.15) is 11.1 Å². The van der Waals surface area contributed by atoms with Crippen molar-refractivity contribution in [1.82, 2.24) is 10.3 Å². The van der Waals surface area contributed by atoms with Gasteiger partial charge in [0.2, 0.25) is 5.91 Å². The van der Waals surface area contributed by atoms with E-state index >= 15 is 0 Å². The molecule has 1 aromatic carbocycles. The third-order valence-electron chi connectivity index (χ3n) is 3.64. The van der Waals surface area contributed by atoms with E-state index in [4.69, 9.17) is 4.74 Å². The molecule has 2 N–H and O–H groups in total. The van der Waals surface area contributed by atoms with E-state index in [0.717, 1.165) is 28.6 Å². The minimum Gasteiger partial charge on any atom is -0.497 e. The highest BCUT2D eigenvalue weighted by molar-refractivity contribution is 7.08. The maximum absolute atomic E-state index is 11.8. The zero-order valence-corrected chi connectivity index (χ0v) is 13.7. The van der Waals surface area contributed by atoms with Gasteiger partial charge in [0.1, 0.15) is 5.75 Å². The van der Waals surface area contributed by atoms with E-state index < -0.39 is 0 Å². The minimum absolute atomic E-state index is 0.0716. The number of hydrogen-bond acceptors (Lipinski definition) is 3. The van der Waals surface area contributed by atoms with E-state index in [9.17, 15) is 4.79 Å².